The second-order valence-corrected chi connectivity index (χ2v) is 8.75. The van der Waals surface area contributed by atoms with Crippen LogP contribution in [0.15, 0.2) is 121 Å². The molecule has 0 amide bonds. The van der Waals surface area contributed by atoms with Crippen LogP contribution in [0.25, 0.3) is 54.9 Å². The number of hydrogen-bond acceptors (Lipinski definition) is 2. The van der Waals surface area contributed by atoms with E-state index in [4.69, 9.17) is 0 Å². The number of nitriles is 2. The van der Waals surface area contributed by atoms with Gasteiger partial charge >= 0.3 is 0 Å². The van der Waals surface area contributed by atoms with Gasteiger partial charge in [-0.15, -0.1) is 0 Å². The highest BCUT2D eigenvalue weighted by Crippen LogP contribution is 2.45. The zero-order chi connectivity index (χ0) is 24.5. The van der Waals surface area contributed by atoms with Crippen molar-refractivity contribution in [1.29, 1.82) is 10.5 Å². The molecule has 6 aromatic rings. The normalized spacial score (nSPS) is 10.7. The molecule has 0 fully saturated rings. The van der Waals surface area contributed by atoms with Crippen molar-refractivity contribution < 1.29 is 0 Å². The highest BCUT2D eigenvalue weighted by Gasteiger charge is 2.23. The molecule has 0 atom stereocenters. The summed E-state index contributed by atoms with van der Waals surface area (Å²) in [7, 11) is 0. The lowest BCUT2D eigenvalue weighted by molar-refractivity contribution is 1.47. The van der Waals surface area contributed by atoms with Crippen molar-refractivity contribution in [2.75, 3.05) is 0 Å². The maximum Gasteiger partial charge on any atom is 0.100 e. The van der Waals surface area contributed by atoms with Crippen LogP contribution in [0.5, 0.6) is 0 Å². The second kappa shape index (κ2) is 8.88. The van der Waals surface area contributed by atoms with Gasteiger partial charge in [0.2, 0.25) is 0 Å². The molecule has 166 valence electrons. The molecular formula is C34H20N2. The largest absolute Gasteiger partial charge is 0.192 e. The maximum absolute atomic E-state index is 10.6. The van der Waals surface area contributed by atoms with E-state index in [0.29, 0.717) is 11.1 Å². The summed E-state index contributed by atoms with van der Waals surface area (Å²) in [4.78, 5) is 0. The molecule has 0 aliphatic heterocycles. The standard InChI is InChI=1S/C34H20N2/c35-21-31-29(23-11-3-1-4-12-23)19-25-15-7-9-17-27(25)33(31)34-28-18-10-8-16-26(28)20-30(32(34)22-36)24-13-5-2-6-14-24/h1-20H. The molecule has 0 spiro atoms. The summed E-state index contributed by atoms with van der Waals surface area (Å²) >= 11 is 0. The predicted octanol–water partition coefficient (Wildman–Crippen LogP) is 8.74. The van der Waals surface area contributed by atoms with E-state index < -0.39 is 0 Å². The Labute approximate surface area is 209 Å². The Bertz CT molecular complexity index is 1700. The molecular weight excluding hydrogens is 436 g/mol. The monoisotopic (exact) mass is 456 g/mol. The zero-order valence-electron chi connectivity index (χ0n) is 19.4. The van der Waals surface area contributed by atoms with Crippen LogP contribution in [0.4, 0.5) is 0 Å². The average molecular weight is 457 g/mol. The van der Waals surface area contributed by atoms with E-state index in [1.807, 2.05) is 97.1 Å². The molecule has 0 N–H and O–H groups in total. The minimum atomic E-state index is 0.576. The Morgan fingerprint density at radius 3 is 1.17 bits per heavy atom. The van der Waals surface area contributed by atoms with Gasteiger partial charge in [-0.05, 0) is 44.8 Å². The van der Waals surface area contributed by atoms with E-state index in [1.54, 1.807) is 0 Å². The minimum Gasteiger partial charge on any atom is -0.192 e. The Balaban J connectivity index is 1.85. The van der Waals surface area contributed by atoms with Crippen LogP contribution < -0.4 is 0 Å². The van der Waals surface area contributed by atoms with Gasteiger partial charge in [0.15, 0.2) is 0 Å². The maximum atomic E-state index is 10.6. The first-order chi connectivity index (χ1) is 17.8. The van der Waals surface area contributed by atoms with E-state index >= 15 is 0 Å². The van der Waals surface area contributed by atoms with Gasteiger partial charge in [-0.25, -0.2) is 0 Å². The number of hydrogen-bond donors (Lipinski definition) is 0. The minimum absolute atomic E-state index is 0.576. The third kappa shape index (κ3) is 3.41. The van der Waals surface area contributed by atoms with Crippen LogP contribution in [-0.4, -0.2) is 0 Å². The van der Waals surface area contributed by atoms with Gasteiger partial charge in [-0.2, -0.15) is 10.5 Å². The first kappa shape index (κ1) is 21.4. The van der Waals surface area contributed by atoms with Crippen molar-refractivity contribution >= 4 is 21.5 Å². The van der Waals surface area contributed by atoms with Crippen molar-refractivity contribution in [3.8, 4) is 45.5 Å². The topological polar surface area (TPSA) is 47.6 Å². The van der Waals surface area contributed by atoms with Gasteiger partial charge in [0.1, 0.15) is 12.1 Å². The fourth-order valence-corrected chi connectivity index (χ4v) is 5.14. The van der Waals surface area contributed by atoms with Crippen molar-refractivity contribution in [3.05, 3.63) is 132 Å². The van der Waals surface area contributed by atoms with Crippen LogP contribution in [-0.2, 0) is 0 Å². The van der Waals surface area contributed by atoms with Crippen LogP contribution >= 0.6 is 0 Å². The highest BCUT2D eigenvalue weighted by atomic mass is 14.3. The lowest BCUT2D eigenvalue weighted by Crippen LogP contribution is -1.98. The van der Waals surface area contributed by atoms with Crippen LogP contribution in [0, 0.1) is 22.7 Å². The lowest BCUT2D eigenvalue weighted by Gasteiger charge is -2.19. The third-order valence-corrected chi connectivity index (χ3v) is 6.74. The summed E-state index contributed by atoms with van der Waals surface area (Å²) in [5.41, 5.74) is 6.44. The molecule has 0 bridgehead atoms. The van der Waals surface area contributed by atoms with Crippen molar-refractivity contribution in [2.24, 2.45) is 0 Å². The SMILES string of the molecule is N#Cc1c(-c2ccccc2)cc2ccccc2c1-c1c(C#N)c(-c2ccccc2)cc2ccccc12. The lowest BCUT2D eigenvalue weighted by atomic mass is 9.82. The Morgan fingerprint density at radius 1 is 0.417 bits per heavy atom. The first-order valence-electron chi connectivity index (χ1n) is 11.8. The third-order valence-electron chi connectivity index (χ3n) is 6.74. The van der Waals surface area contributed by atoms with Crippen molar-refractivity contribution in [1.82, 2.24) is 0 Å². The van der Waals surface area contributed by atoms with E-state index in [-0.39, 0.29) is 0 Å². The van der Waals surface area contributed by atoms with E-state index in [9.17, 15) is 10.5 Å². The summed E-state index contributed by atoms with van der Waals surface area (Å²) in [5, 5.41) is 25.1. The molecule has 36 heavy (non-hydrogen) atoms. The number of fused-ring (bicyclic) bond motifs is 2. The molecule has 2 nitrogen and oxygen atoms in total. The van der Waals surface area contributed by atoms with Crippen LogP contribution in [0.1, 0.15) is 11.1 Å². The zero-order valence-corrected chi connectivity index (χ0v) is 19.4. The summed E-state index contributed by atoms with van der Waals surface area (Å²) in [5.74, 6) is 0. The molecule has 6 aromatic carbocycles. The van der Waals surface area contributed by atoms with Crippen molar-refractivity contribution in [2.45, 2.75) is 0 Å². The van der Waals surface area contributed by atoms with E-state index in [2.05, 4.69) is 36.4 Å². The second-order valence-electron chi connectivity index (χ2n) is 8.75. The quantitative estimate of drug-likeness (QED) is 0.267. The summed E-state index contributed by atoms with van der Waals surface area (Å²) < 4.78 is 0. The Kier molecular flexibility index (Phi) is 5.27. The fourth-order valence-electron chi connectivity index (χ4n) is 5.14. The predicted molar refractivity (Wildman–Crippen MR) is 147 cm³/mol. The van der Waals surface area contributed by atoms with Crippen LogP contribution in [0.2, 0.25) is 0 Å². The molecule has 0 heterocycles. The first-order valence-corrected chi connectivity index (χ1v) is 11.8. The highest BCUT2D eigenvalue weighted by molar-refractivity contribution is 6.13. The molecule has 0 radical (unpaired) electrons. The number of nitrogens with zero attached hydrogens (tertiary/aromatic N) is 2. The molecule has 0 unspecified atom stereocenters. The number of benzene rings is 6. The van der Waals surface area contributed by atoms with Gasteiger partial charge in [0.05, 0.1) is 11.1 Å². The molecule has 0 saturated heterocycles. The Hall–Kier alpha value is -5.18. The number of rotatable bonds is 3. The molecule has 6 rings (SSSR count). The fraction of sp³-hybridized carbons (Fsp3) is 0. The van der Waals surface area contributed by atoms with E-state index in [1.165, 1.54) is 0 Å². The molecule has 0 aliphatic carbocycles. The van der Waals surface area contributed by atoms with Gasteiger partial charge in [-0.3, -0.25) is 0 Å². The van der Waals surface area contributed by atoms with E-state index in [0.717, 1.165) is 54.9 Å². The molecule has 0 aromatic heterocycles. The Morgan fingerprint density at radius 2 is 0.778 bits per heavy atom. The molecule has 0 aliphatic rings. The summed E-state index contributed by atoms with van der Waals surface area (Å²) in [6, 6.07) is 45.4. The van der Waals surface area contributed by atoms with Gasteiger partial charge in [0, 0.05) is 22.3 Å². The van der Waals surface area contributed by atoms with Crippen LogP contribution in [0.3, 0.4) is 0 Å². The van der Waals surface area contributed by atoms with Crippen molar-refractivity contribution in [3.63, 3.8) is 0 Å². The molecule has 2 heteroatoms. The summed E-state index contributed by atoms with van der Waals surface area (Å²) in [6.07, 6.45) is 0. The van der Waals surface area contributed by atoms with Gasteiger partial charge < -0.3 is 0 Å². The summed E-state index contributed by atoms with van der Waals surface area (Å²) in [6.45, 7) is 0. The average Bonchev–Trinajstić information content (AvgIpc) is 2.96. The molecule has 0 saturated carbocycles. The van der Waals surface area contributed by atoms with Gasteiger partial charge in [-0.1, -0.05) is 109 Å². The van der Waals surface area contributed by atoms with Gasteiger partial charge in [0.25, 0.3) is 0 Å². The smallest absolute Gasteiger partial charge is 0.100 e.